The average Bonchev–Trinajstić information content (AvgIpc) is 3.06. The molecule has 1 atom stereocenters. The van der Waals surface area contributed by atoms with E-state index in [-0.39, 0.29) is 12.2 Å². The van der Waals surface area contributed by atoms with Crippen LogP contribution >= 0.6 is 11.6 Å². The molecule has 144 valence electrons. The third kappa shape index (κ3) is 5.79. The van der Waals surface area contributed by atoms with Crippen LogP contribution in [0.1, 0.15) is 27.2 Å². The second-order valence-corrected chi connectivity index (χ2v) is 7.92. The zero-order valence-electron chi connectivity index (χ0n) is 15.8. The van der Waals surface area contributed by atoms with Crippen LogP contribution in [0.15, 0.2) is 48.5 Å². The predicted octanol–water partition coefficient (Wildman–Crippen LogP) is 5.52. The van der Waals surface area contributed by atoms with Crippen LogP contribution in [0.2, 0.25) is 5.02 Å². The lowest BCUT2D eigenvalue weighted by molar-refractivity contribution is 0.0275. The fraction of sp³-hybridized carbons (Fsp3) is 0.381. The molecule has 0 radical (unpaired) electrons. The zero-order chi connectivity index (χ0) is 19.4. The summed E-state index contributed by atoms with van der Waals surface area (Å²) in [5.74, 6) is 2.18. The van der Waals surface area contributed by atoms with Crippen molar-refractivity contribution in [2.24, 2.45) is 0 Å². The highest BCUT2D eigenvalue weighted by Gasteiger charge is 2.30. The van der Waals surface area contributed by atoms with E-state index in [0.29, 0.717) is 23.9 Å². The average molecular weight is 390 g/mol. The molecule has 27 heavy (non-hydrogen) atoms. The van der Waals surface area contributed by atoms with Crippen molar-refractivity contribution in [1.82, 2.24) is 4.90 Å². The third-order valence-electron chi connectivity index (χ3n) is 3.97. The van der Waals surface area contributed by atoms with Crippen molar-refractivity contribution in [2.45, 2.75) is 38.9 Å². The number of hydrogen-bond acceptors (Lipinski definition) is 4. The first-order valence-electron chi connectivity index (χ1n) is 8.96. The lowest BCUT2D eigenvalue weighted by Crippen LogP contribution is -2.36. The minimum absolute atomic E-state index is 0.0412. The molecule has 0 spiro atoms. The van der Waals surface area contributed by atoms with Gasteiger partial charge in [-0.3, -0.25) is 0 Å². The smallest absolute Gasteiger partial charge is 0.410 e. The number of halogens is 1. The van der Waals surface area contributed by atoms with Gasteiger partial charge in [0.05, 0.1) is 6.54 Å². The van der Waals surface area contributed by atoms with E-state index in [4.69, 9.17) is 25.8 Å². The van der Waals surface area contributed by atoms with E-state index >= 15 is 0 Å². The molecular formula is C21H24ClNO4. The van der Waals surface area contributed by atoms with Gasteiger partial charge in [0.15, 0.2) is 0 Å². The molecule has 1 amide bonds. The number of amides is 1. The third-order valence-corrected chi connectivity index (χ3v) is 4.22. The van der Waals surface area contributed by atoms with E-state index in [1.807, 2.05) is 57.2 Å². The summed E-state index contributed by atoms with van der Waals surface area (Å²) in [4.78, 5) is 13.8. The van der Waals surface area contributed by atoms with Gasteiger partial charge in [-0.25, -0.2) is 4.79 Å². The highest BCUT2D eigenvalue weighted by Crippen LogP contribution is 2.26. The Labute approximate surface area is 164 Å². The molecule has 1 fully saturated rings. The van der Waals surface area contributed by atoms with E-state index in [1.54, 1.807) is 17.0 Å². The van der Waals surface area contributed by atoms with Crippen molar-refractivity contribution < 1.29 is 19.0 Å². The molecule has 1 heterocycles. The van der Waals surface area contributed by atoms with Crippen LogP contribution < -0.4 is 9.47 Å². The molecule has 0 saturated carbocycles. The molecule has 2 aromatic carbocycles. The summed E-state index contributed by atoms with van der Waals surface area (Å²) < 4.78 is 17.2. The summed E-state index contributed by atoms with van der Waals surface area (Å²) >= 11 is 5.87. The number of benzene rings is 2. The molecule has 2 aromatic rings. The molecule has 3 rings (SSSR count). The molecule has 0 aliphatic carbocycles. The maximum atomic E-state index is 12.1. The Kier molecular flexibility index (Phi) is 5.80. The standard InChI is InChI=1S/C21H24ClNO4/c1-21(2,3)27-20(24)23-13-12-19(14-23)26-18-10-8-17(9-11-18)25-16-6-4-15(22)5-7-16/h4-11,19H,12-14H2,1-3H3. The number of likely N-dealkylation sites (tertiary alicyclic amines) is 1. The van der Waals surface area contributed by atoms with Gasteiger partial charge in [0, 0.05) is 18.0 Å². The van der Waals surface area contributed by atoms with Gasteiger partial charge in [-0.05, 0) is 69.3 Å². The molecule has 5 nitrogen and oxygen atoms in total. The first-order valence-corrected chi connectivity index (χ1v) is 9.34. The fourth-order valence-electron chi connectivity index (χ4n) is 2.73. The number of hydrogen-bond donors (Lipinski definition) is 0. The number of rotatable bonds is 4. The van der Waals surface area contributed by atoms with Crippen molar-refractivity contribution in [2.75, 3.05) is 13.1 Å². The Morgan fingerprint density at radius 1 is 1.00 bits per heavy atom. The van der Waals surface area contributed by atoms with Gasteiger partial charge in [-0.2, -0.15) is 0 Å². The van der Waals surface area contributed by atoms with Crippen LogP contribution in [-0.2, 0) is 4.74 Å². The van der Waals surface area contributed by atoms with E-state index < -0.39 is 5.60 Å². The Balaban J connectivity index is 1.51. The van der Waals surface area contributed by atoms with E-state index in [9.17, 15) is 4.79 Å². The highest BCUT2D eigenvalue weighted by molar-refractivity contribution is 6.30. The topological polar surface area (TPSA) is 48.0 Å². The maximum Gasteiger partial charge on any atom is 0.410 e. The van der Waals surface area contributed by atoms with Gasteiger partial charge < -0.3 is 19.1 Å². The quantitative estimate of drug-likeness (QED) is 0.690. The van der Waals surface area contributed by atoms with E-state index in [0.717, 1.165) is 17.9 Å². The molecule has 1 aliphatic heterocycles. The summed E-state index contributed by atoms with van der Waals surface area (Å²) in [6.45, 7) is 6.75. The second kappa shape index (κ2) is 8.09. The van der Waals surface area contributed by atoms with E-state index in [1.165, 1.54) is 0 Å². The number of carbonyl (C=O) groups is 1. The van der Waals surface area contributed by atoms with Crippen LogP contribution in [0.4, 0.5) is 4.79 Å². The lowest BCUT2D eigenvalue weighted by atomic mass is 10.2. The maximum absolute atomic E-state index is 12.1. The van der Waals surface area contributed by atoms with Crippen LogP contribution in [0, 0.1) is 0 Å². The van der Waals surface area contributed by atoms with Crippen molar-refractivity contribution in [3.8, 4) is 17.2 Å². The van der Waals surface area contributed by atoms with Crippen molar-refractivity contribution in [1.29, 1.82) is 0 Å². The van der Waals surface area contributed by atoms with Crippen LogP contribution in [0.5, 0.6) is 17.2 Å². The zero-order valence-corrected chi connectivity index (χ0v) is 16.5. The predicted molar refractivity (Wildman–Crippen MR) is 105 cm³/mol. The summed E-state index contributed by atoms with van der Waals surface area (Å²) in [7, 11) is 0. The molecule has 1 aliphatic rings. The summed E-state index contributed by atoms with van der Waals surface area (Å²) in [5.41, 5.74) is -0.490. The van der Waals surface area contributed by atoms with Crippen LogP contribution in [0.25, 0.3) is 0 Å². The lowest BCUT2D eigenvalue weighted by Gasteiger charge is -2.24. The Morgan fingerprint density at radius 2 is 1.56 bits per heavy atom. The number of ether oxygens (including phenoxy) is 3. The van der Waals surface area contributed by atoms with Gasteiger partial charge >= 0.3 is 6.09 Å². The minimum atomic E-state index is -0.490. The normalized spacial score (nSPS) is 16.9. The Hall–Kier alpha value is -2.40. The van der Waals surface area contributed by atoms with Crippen molar-refractivity contribution >= 4 is 17.7 Å². The molecule has 0 bridgehead atoms. The van der Waals surface area contributed by atoms with E-state index in [2.05, 4.69) is 0 Å². The summed E-state index contributed by atoms with van der Waals surface area (Å²) in [6, 6.07) is 14.6. The molecule has 0 N–H and O–H groups in total. The first kappa shape index (κ1) is 19.4. The Morgan fingerprint density at radius 3 is 2.15 bits per heavy atom. The van der Waals surface area contributed by atoms with Gasteiger partial charge in [0.1, 0.15) is 29.0 Å². The molecular weight excluding hydrogens is 366 g/mol. The van der Waals surface area contributed by atoms with Crippen LogP contribution in [-0.4, -0.2) is 35.8 Å². The second-order valence-electron chi connectivity index (χ2n) is 7.48. The first-order chi connectivity index (χ1) is 12.8. The SMILES string of the molecule is CC(C)(C)OC(=O)N1CCC(Oc2ccc(Oc3ccc(Cl)cc3)cc2)C1. The summed E-state index contributed by atoms with van der Waals surface area (Å²) in [5, 5.41) is 0.670. The van der Waals surface area contributed by atoms with Crippen molar-refractivity contribution in [3.05, 3.63) is 53.6 Å². The minimum Gasteiger partial charge on any atom is -0.489 e. The van der Waals surface area contributed by atoms with Gasteiger partial charge in [0.25, 0.3) is 0 Å². The fourth-order valence-corrected chi connectivity index (χ4v) is 2.86. The molecule has 1 saturated heterocycles. The summed E-state index contributed by atoms with van der Waals surface area (Å²) in [6.07, 6.45) is 0.447. The van der Waals surface area contributed by atoms with Crippen molar-refractivity contribution in [3.63, 3.8) is 0 Å². The monoisotopic (exact) mass is 389 g/mol. The van der Waals surface area contributed by atoms with Gasteiger partial charge in [-0.1, -0.05) is 11.6 Å². The van der Waals surface area contributed by atoms with Crippen LogP contribution in [0.3, 0.4) is 0 Å². The molecule has 6 heteroatoms. The number of carbonyl (C=O) groups excluding carboxylic acids is 1. The highest BCUT2D eigenvalue weighted by atomic mass is 35.5. The van der Waals surface area contributed by atoms with Gasteiger partial charge in [0.2, 0.25) is 0 Å². The largest absolute Gasteiger partial charge is 0.489 e. The van der Waals surface area contributed by atoms with Gasteiger partial charge in [-0.15, -0.1) is 0 Å². The molecule has 1 unspecified atom stereocenters. The number of nitrogens with zero attached hydrogens (tertiary/aromatic N) is 1. The Bertz CT molecular complexity index is 768. The molecule has 0 aromatic heterocycles.